The van der Waals surface area contributed by atoms with E-state index in [1.165, 1.54) is 18.2 Å². The Hall–Kier alpha value is -2.61. The van der Waals surface area contributed by atoms with Crippen LogP contribution in [0.25, 0.3) is 0 Å². The highest BCUT2D eigenvalue weighted by molar-refractivity contribution is 5.55. The molecule has 0 radical (unpaired) electrons. The fourth-order valence-corrected chi connectivity index (χ4v) is 1.40. The first-order chi connectivity index (χ1) is 8.61. The van der Waals surface area contributed by atoms with Crippen LogP contribution in [0.4, 0.5) is 14.5 Å². The second kappa shape index (κ2) is 4.72. The van der Waals surface area contributed by atoms with Gasteiger partial charge in [-0.3, -0.25) is 0 Å². The van der Waals surface area contributed by atoms with Crippen LogP contribution in [-0.2, 0) is 0 Å². The van der Waals surface area contributed by atoms with E-state index in [1.807, 2.05) is 6.07 Å². The van der Waals surface area contributed by atoms with E-state index in [1.54, 1.807) is 12.1 Å². The molecule has 0 heterocycles. The lowest BCUT2D eigenvalue weighted by atomic mass is 10.2. The second-order valence-electron chi connectivity index (χ2n) is 3.52. The van der Waals surface area contributed by atoms with Crippen LogP contribution in [0.2, 0.25) is 0 Å². The summed E-state index contributed by atoms with van der Waals surface area (Å²) in [5.41, 5.74) is 5.84. The molecule has 0 spiro atoms. The molecule has 0 fully saturated rings. The van der Waals surface area contributed by atoms with E-state index < -0.39 is 11.6 Å². The van der Waals surface area contributed by atoms with Crippen molar-refractivity contribution >= 4 is 5.69 Å². The van der Waals surface area contributed by atoms with E-state index in [0.29, 0.717) is 5.56 Å². The van der Waals surface area contributed by atoms with Crippen molar-refractivity contribution in [3.8, 4) is 17.6 Å². The van der Waals surface area contributed by atoms with Crippen molar-refractivity contribution in [3.63, 3.8) is 0 Å². The third kappa shape index (κ3) is 2.23. The molecular formula is C13H8F2N2O. The summed E-state index contributed by atoms with van der Waals surface area (Å²) in [6.45, 7) is 0. The topological polar surface area (TPSA) is 59.0 Å². The Morgan fingerprint density at radius 1 is 1.17 bits per heavy atom. The number of nitrogens with two attached hydrogens (primary N) is 1. The number of ether oxygens (including phenoxy) is 1. The van der Waals surface area contributed by atoms with E-state index >= 15 is 0 Å². The molecule has 2 aromatic rings. The molecule has 0 saturated heterocycles. The van der Waals surface area contributed by atoms with E-state index in [2.05, 4.69) is 0 Å². The zero-order valence-electron chi connectivity index (χ0n) is 9.15. The molecule has 5 heteroatoms. The molecule has 0 bridgehead atoms. The molecular weight excluding hydrogens is 238 g/mol. The second-order valence-corrected chi connectivity index (χ2v) is 3.52. The van der Waals surface area contributed by atoms with Crippen molar-refractivity contribution in [2.45, 2.75) is 0 Å². The van der Waals surface area contributed by atoms with Crippen LogP contribution in [-0.4, -0.2) is 0 Å². The predicted octanol–water partition coefficient (Wildman–Crippen LogP) is 3.21. The van der Waals surface area contributed by atoms with Crippen molar-refractivity contribution in [2.24, 2.45) is 0 Å². The minimum atomic E-state index is -1.16. The molecule has 0 aliphatic carbocycles. The minimum Gasteiger partial charge on any atom is -0.452 e. The molecule has 18 heavy (non-hydrogen) atoms. The normalized spacial score (nSPS) is 9.83. The Kier molecular flexibility index (Phi) is 3.11. The third-order valence-corrected chi connectivity index (χ3v) is 2.26. The molecule has 0 amide bonds. The van der Waals surface area contributed by atoms with Crippen LogP contribution in [0.3, 0.4) is 0 Å². The number of nitrogens with zero attached hydrogens (tertiary/aromatic N) is 1. The SMILES string of the molecule is N#Cc1cccc(Oc2c(N)ccc(F)c2F)c1. The quantitative estimate of drug-likeness (QED) is 0.827. The minimum absolute atomic E-state index is 0.0174. The summed E-state index contributed by atoms with van der Waals surface area (Å²) in [4.78, 5) is 0. The van der Waals surface area contributed by atoms with Crippen molar-refractivity contribution in [3.05, 3.63) is 53.6 Å². The van der Waals surface area contributed by atoms with Gasteiger partial charge in [0.1, 0.15) is 5.75 Å². The van der Waals surface area contributed by atoms with Crippen LogP contribution < -0.4 is 10.5 Å². The zero-order valence-corrected chi connectivity index (χ0v) is 9.15. The van der Waals surface area contributed by atoms with Crippen LogP contribution in [0, 0.1) is 23.0 Å². The van der Waals surface area contributed by atoms with Gasteiger partial charge in [-0.25, -0.2) is 4.39 Å². The van der Waals surface area contributed by atoms with Gasteiger partial charge in [0, 0.05) is 0 Å². The van der Waals surface area contributed by atoms with Crippen LogP contribution in [0.5, 0.6) is 11.5 Å². The van der Waals surface area contributed by atoms with E-state index in [0.717, 1.165) is 6.07 Å². The summed E-state index contributed by atoms with van der Waals surface area (Å²) < 4.78 is 31.7. The van der Waals surface area contributed by atoms with Gasteiger partial charge in [-0.15, -0.1) is 0 Å². The van der Waals surface area contributed by atoms with Crippen molar-refractivity contribution in [2.75, 3.05) is 5.73 Å². The zero-order chi connectivity index (χ0) is 13.1. The number of anilines is 1. The number of nitriles is 1. The summed E-state index contributed by atoms with van der Waals surface area (Å²) in [5.74, 6) is -2.37. The lowest BCUT2D eigenvalue weighted by molar-refractivity contribution is 0.418. The lowest BCUT2D eigenvalue weighted by Gasteiger charge is -2.09. The van der Waals surface area contributed by atoms with E-state index in [-0.39, 0.29) is 17.2 Å². The molecule has 2 aromatic carbocycles. The molecule has 0 aromatic heterocycles. The molecule has 90 valence electrons. The highest BCUT2D eigenvalue weighted by Crippen LogP contribution is 2.31. The van der Waals surface area contributed by atoms with Gasteiger partial charge in [-0.1, -0.05) is 6.07 Å². The number of halogens is 2. The summed E-state index contributed by atoms with van der Waals surface area (Å²) in [6.07, 6.45) is 0. The number of nitrogen functional groups attached to an aromatic ring is 1. The number of rotatable bonds is 2. The number of hydrogen-bond donors (Lipinski definition) is 1. The first-order valence-corrected chi connectivity index (χ1v) is 5.03. The highest BCUT2D eigenvalue weighted by atomic mass is 19.2. The molecule has 0 atom stereocenters. The predicted molar refractivity (Wildman–Crippen MR) is 62.0 cm³/mol. The van der Waals surface area contributed by atoms with Crippen molar-refractivity contribution in [1.82, 2.24) is 0 Å². The number of hydrogen-bond acceptors (Lipinski definition) is 3. The van der Waals surface area contributed by atoms with E-state index in [9.17, 15) is 8.78 Å². The summed E-state index contributed by atoms with van der Waals surface area (Å²) >= 11 is 0. The third-order valence-electron chi connectivity index (χ3n) is 2.26. The molecule has 0 unspecified atom stereocenters. The van der Waals surface area contributed by atoms with Crippen LogP contribution >= 0.6 is 0 Å². The van der Waals surface area contributed by atoms with Gasteiger partial charge < -0.3 is 10.5 Å². The maximum atomic E-state index is 13.5. The van der Waals surface area contributed by atoms with Gasteiger partial charge in [0.25, 0.3) is 0 Å². The van der Waals surface area contributed by atoms with Gasteiger partial charge in [0.15, 0.2) is 11.6 Å². The largest absolute Gasteiger partial charge is 0.452 e. The van der Waals surface area contributed by atoms with E-state index in [4.69, 9.17) is 15.7 Å². The average Bonchev–Trinajstić information content (AvgIpc) is 2.39. The Labute approximate surface area is 102 Å². The molecule has 2 rings (SSSR count). The van der Waals surface area contributed by atoms with Crippen LogP contribution in [0.1, 0.15) is 5.56 Å². The molecule has 0 aliphatic rings. The summed E-state index contributed by atoms with van der Waals surface area (Å²) in [7, 11) is 0. The standard InChI is InChI=1S/C13H8F2N2O/c14-10-4-5-11(17)13(12(10)15)18-9-3-1-2-8(6-9)7-16/h1-6H,17H2. The van der Waals surface area contributed by atoms with Crippen LogP contribution in [0.15, 0.2) is 36.4 Å². The maximum absolute atomic E-state index is 13.5. The average molecular weight is 246 g/mol. The summed E-state index contributed by atoms with van der Waals surface area (Å²) in [6, 6.07) is 10.1. The van der Waals surface area contributed by atoms with Gasteiger partial charge in [0.2, 0.25) is 5.82 Å². The highest BCUT2D eigenvalue weighted by Gasteiger charge is 2.14. The fourth-order valence-electron chi connectivity index (χ4n) is 1.40. The van der Waals surface area contributed by atoms with Crippen molar-refractivity contribution in [1.29, 1.82) is 5.26 Å². The lowest BCUT2D eigenvalue weighted by Crippen LogP contribution is -1.97. The molecule has 2 N–H and O–H groups in total. The first kappa shape index (κ1) is 11.9. The summed E-state index contributed by atoms with van der Waals surface area (Å²) in [5, 5.41) is 8.72. The van der Waals surface area contributed by atoms with Gasteiger partial charge in [0.05, 0.1) is 17.3 Å². The van der Waals surface area contributed by atoms with Gasteiger partial charge >= 0.3 is 0 Å². The monoisotopic (exact) mass is 246 g/mol. The molecule has 0 saturated carbocycles. The molecule has 3 nitrogen and oxygen atoms in total. The Balaban J connectivity index is 2.40. The first-order valence-electron chi connectivity index (χ1n) is 5.03. The Morgan fingerprint density at radius 2 is 1.94 bits per heavy atom. The fraction of sp³-hybridized carbons (Fsp3) is 0. The maximum Gasteiger partial charge on any atom is 0.203 e. The van der Waals surface area contributed by atoms with Gasteiger partial charge in [-0.2, -0.15) is 9.65 Å². The Bertz CT molecular complexity index is 635. The molecule has 0 aliphatic heterocycles. The Morgan fingerprint density at radius 3 is 2.67 bits per heavy atom. The smallest absolute Gasteiger partial charge is 0.203 e. The number of benzene rings is 2. The van der Waals surface area contributed by atoms with Crippen molar-refractivity contribution < 1.29 is 13.5 Å². The van der Waals surface area contributed by atoms with Gasteiger partial charge in [-0.05, 0) is 30.3 Å².